The first-order valence-corrected chi connectivity index (χ1v) is 6.61. The minimum atomic E-state index is -1.63. The van der Waals surface area contributed by atoms with Gasteiger partial charge in [0.05, 0.1) is 5.56 Å². The van der Waals surface area contributed by atoms with Gasteiger partial charge in [0, 0.05) is 19.2 Å². The molecule has 1 amide bonds. The summed E-state index contributed by atoms with van der Waals surface area (Å²) in [6, 6.07) is 1.69. The molecule has 0 bridgehead atoms. The van der Waals surface area contributed by atoms with Crippen LogP contribution in [-0.2, 0) is 0 Å². The SMILES string of the molecule is O=C(c1ccc(F)c(F)c1F)N(CCCO)C1CCC1. The van der Waals surface area contributed by atoms with Crippen molar-refractivity contribution in [3.8, 4) is 0 Å². The Hall–Kier alpha value is -1.56. The average molecular weight is 287 g/mol. The van der Waals surface area contributed by atoms with E-state index in [4.69, 9.17) is 5.11 Å². The van der Waals surface area contributed by atoms with E-state index in [-0.39, 0.29) is 19.2 Å². The van der Waals surface area contributed by atoms with Crippen LogP contribution in [0, 0.1) is 17.5 Å². The molecule has 0 unspecified atom stereocenters. The first kappa shape index (κ1) is 14.8. The van der Waals surface area contributed by atoms with Gasteiger partial charge in [-0.05, 0) is 37.8 Å². The number of hydrogen-bond donors (Lipinski definition) is 1. The molecule has 0 atom stereocenters. The van der Waals surface area contributed by atoms with Gasteiger partial charge in [-0.15, -0.1) is 0 Å². The van der Waals surface area contributed by atoms with Crippen LogP contribution < -0.4 is 0 Å². The fraction of sp³-hybridized carbons (Fsp3) is 0.500. The largest absolute Gasteiger partial charge is 0.396 e. The minimum absolute atomic E-state index is 0.0124. The van der Waals surface area contributed by atoms with Crippen molar-refractivity contribution in [3.63, 3.8) is 0 Å². The van der Waals surface area contributed by atoms with Gasteiger partial charge < -0.3 is 10.0 Å². The number of hydrogen-bond acceptors (Lipinski definition) is 2. The zero-order valence-corrected chi connectivity index (χ0v) is 10.9. The summed E-state index contributed by atoms with van der Waals surface area (Å²) in [5.41, 5.74) is -0.464. The van der Waals surface area contributed by atoms with Crippen molar-refractivity contribution < 1.29 is 23.1 Å². The van der Waals surface area contributed by atoms with E-state index in [2.05, 4.69) is 0 Å². The van der Waals surface area contributed by atoms with E-state index in [1.807, 2.05) is 0 Å². The summed E-state index contributed by atoms with van der Waals surface area (Å²) < 4.78 is 39.8. The van der Waals surface area contributed by atoms with Crippen molar-refractivity contribution in [2.24, 2.45) is 0 Å². The van der Waals surface area contributed by atoms with Gasteiger partial charge in [-0.25, -0.2) is 13.2 Å². The molecule has 6 heteroatoms. The molecule has 1 aliphatic rings. The highest BCUT2D eigenvalue weighted by Gasteiger charge is 2.31. The maximum Gasteiger partial charge on any atom is 0.257 e. The molecule has 0 spiro atoms. The molecular formula is C14H16F3NO2. The molecule has 1 aromatic rings. The minimum Gasteiger partial charge on any atom is -0.396 e. The molecular weight excluding hydrogens is 271 g/mol. The molecule has 0 aromatic heterocycles. The number of benzene rings is 1. The number of carbonyl (C=O) groups excluding carboxylic acids is 1. The van der Waals surface area contributed by atoms with Crippen LogP contribution >= 0.6 is 0 Å². The fourth-order valence-corrected chi connectivity index (χ4v) is 2.24. The summed E-state index contributed by atoms with van der Waals surface area (Å²) in [5.74, 6) is -5.06. The molecule has 0 heterocycles. The number of aliphatic hydroxyl groups excluding tert-OH is 1. The van der Waals surface area contributed by atoms with Gasteiger partial charge in [-0.1, -0.05) is 0 Å². The van der Waals surface area contributed by atoms with Crippen LogP contribution in [0.25, 0.3) is 0 Å². The molecule has 1 aliphatic carbocycles. The second-order valence-electron chi connectivity index (χ2n) is 4.88. The van der Waals surface area contributed by atoms with Gasteiger partial charge in [-0.2, -0.15) is 0 Å². The quantitative estimate of drug-likeness (QED) is 0.845. The topological polar surface area (TPSA) is 40.5 Å². The molecule has 1 fully saturated rings. The standard InChI is InChI=1S/C14H16F3NO2/c15-11-6-5-10(12(16)13(11)17)14(20)18(7-2-8-19)9-3-1-4-9/h5-6,9,19H,1-4,7-8H2. The Kier molecular flexibility index (Phi) is 4.65. The molecule has 2 rings (SSSR count). The number of aliphatic hydroxyl groups is 1. The maximum absolute atomic E-state index is 13.7. The van der Waals surface area contributed by atoms with Crippen LogP contribution in [0.3, 0.4) is 0 Å². The number of amides is 1. The second-order valence-corrected chi connectivity index (χ2v) is 4.88. The molecule has 3 nitrogen and oxygen atoms in total. The zero-order valence-electron chi connectivity index (χ0n) is 10.9. The summed E-state index contributed by atoms with van der Waals surface area (Å²) in [6.45, 7) is 0.190. The Labute approximate surface area is 115 Å². The van der Waals surface area contributed by atoms with Crippen LogP contribution in [0.4, 0.5) is 13.2 Å². The van der Waals surface area contributed by atoms with Crippen LogP contribution in [-0.4, -0.2) is 35.1 Å². The second kappa shape index (κ2) is 6.26. The molecule has 1 saturated carbocycles. The van der Waals surface area contributed by atoms with Crippen LogP contribution in [0.2, 0.25) is 0 Å². The van der Waals surface area contributed by atoms with Crippen LogP contribution in [0.5, 0.6) is 0 Å². The Balaban J connectivity index is 2.24. The van der Waals surface area contributed by atoms with Crippen molar-refractivity contribution >= 4 is 5.91 Å². The van der Waals surface area contributed by atoms with Gasteiger partial charge in [0.1, 0.15) is 0 Å². The molecule has 1 N–H and O–H groups in total. The first-order chi connectivity index (χ1) is 9.56. The highest BCUT2D eigenvalue weighted by Crippen LogP contribution is 2.27. The Bertz CT molecular complexity index is 503. The van der Waals surface area contributed by atoms with E-state index in [0.717, 1.165) is 31.4 Å². The molecule has 0 aliphatic heterocycles. The molecule has 110 valence electrons. The molecule has 1 aromatic carbocycles. The van der Waals surface area contributed by atoms with E-state index in [1.54, 1.807) is 0 Å². The lowest BCUT2D eigenvalue weighted by atomic mass is 9.90. The third-order valence-corrected chi connectivity index (χ3v) is 3.60. The zero-order chi connectivity index (χ0) is 14.7. The normalized spacial score (nSPS) is 15.0. The summed E-state index contributed by atoms with van der Waals surface area (Å²) in [6.07, 6.45) is 2.96. The Morgan fingerprint density at radius 3 is 2.50 bits per heavy atom. The third kappa shape index (κ3) is 2.80. The lowest BCUT2D eigenvalue weighted by Crippen LogP contribution is -2.45. The molecule has 0 radical (unpaired) electrons. The molecule has 20 heavy (non-hydrogen) atoms. The monoisotopic (exact) mass is 287 g/mol. The van der Waals surface area contributed by atoms with Gasteiger partial charge >= 0.3 is 0 Å². The summed E-state index contributed by atoms with van der Waals surface area (Å²) >= 11 is 0. The van der Waals surface area contributed by atoms with Crippen LogP contribution in [0.1, 0.15) is 36.0 Å². The van der Waals surface area contributed by atoms with Crippen molar-refractivity contribution in [1.29, 1.82) is 0 Å². The summed E-state index contributed by atoms with van der Waals surface area (Å²) in [5, 5.41) is 8.85. The predicted molar refractivity (Wildman–Crippen MR) is 66.7 cm³/mol. The van der Waals surface area contributed by atoms with Gasteiger partial charge in [0.2, 0.25) is 0 Å². The lowest BCUT2D eigenvalue weighted by molar-refractivity contribution is 0.0556. The Morgan fingerprint density at radius 2 is 1.95 bits per heavy atom. The summed E-state index contributed by atoms with van der Waals surface area (Å²) in [4.78, 5) is 13.7. The van der Waals surface area contributed by atoms with Crippen molar-refractivity contribution in [2.75, 3.05) is 13.2 Å². The first-order valence-electron chi connectivity index (χ1n) is 6.61. The third-order valence-electron chi connectivity index (χ3n) is 3.60. The number of nitrogens with zero attached hydrogens (tertiary/aromatic N) is 1. The maximum atomic E-state index is 13.7. The van der Waals surface area contributed by atoms with Gasteiger partial charge in [0.15, 0.2) is 17.5 Å². The smallest absolute Gasteiger partial charge is 0.257 e. The van der Waals surface area contributed by atoms with E-state index >= 15 is 0 Å². The van der Waals surface area contributed by atoms with Crippen LogP contribution in [0.15, 0.2) is 12.1 Å². The van der Waals surface area contributed by atoms with E-state index in [1.165, 1.54) is 4.90 Å². The lowest BCUT2D eigenvalue weighted by Gasteiger charge is -2.37. The number of halogens is 3. The van der Waals surface area contributed by atoms with Gasteiger partial charge in [0.25, 0.3) is 5.91 Å². The highest BCUT2D eigenvalue weighted by atomic mass is 19.2. The van der Waals surface area contributed by atoms with E-state index in [0.29, 0.717) is 6.42 Å². The summed E-state index contributed by atoms with van der Waals surface area (Å²) in [7, 11) is 0. The Morgan fingerprint density at radius 1 is 1.25 bits per heavy atom. The van der Waals surface area contributed by atoms with Crippen molar-refractivity contribution in [2.45, 2.75) is 31.7 Å². The predicted octanol–water partition coefficient (Wildman–Crippen LogP) is 2.48. The van der Waals surface area contributed by atoms with Crippen molar-refractivity contribution in [3.05, 3.63) is 35.1 Å². The number of rotatable bonds is 5. The van der Waals surface area contributed by atoms with Crippen molar-refractivity contribution in [1.82, 2.24) is 4.90 Å². The number of carbonyl (C=O) groups is 1. The van der Waals surface area contributed by atoms with Gasteiger partial charge in [-0.3, -0.25) is 4.79 Å². The van der Waals surface area contributed by atoms with E-state index in [9.17, 15) is 18.0 Å². The average Bonchev–Trinajstić information content (AvgIpc) is 2.38. The molecule has 0 saturated heterocycles. The van der Waals surface area contributed by atoms with E-state index < -0.39 is 28.9 Å². The fourth-order valence-electron chi connectivity index (χ4n) is 2.24. The highest BCUT2D eigenvalue weighted by molar-refractivity contribution is 5.94.